The monoisotopic (exact) mass is 256 g/mol. The second-order valence-electron chi connectivity index (χ2n) is 4.50. The van der Waals surface area contributed by atoms with Crippen molar-refractivity contribution in [1.29, 1.82) is 0 Å². The summed E-state index contributed by atoms with van der Waals surface area (Å²) >= 11 is 0. The first-order chi connectivity index (χ1) is 7.76. The third kappa shape index (κ3) is 9.38. The molecule has 0 aromatic carbocycles. The van der Waals surface area contributed by atoms with Crippen LogP contribution < -0.4 is 5.32 Å². The second kappa shape index (κ2) is 7.89. The van der Waals surface area contributed by atoms with Gasteiger partial charge in [0.2, 0.25) is 0 Å². The number of nitrogens with zero attached hydrogens (tertiary/aromatic N) is 1. The third-order valence-corrected chi connectivity index (χ3v) is 2.36. The third-order valence-electron chi connectivity index (χ3n) is 2.36. The van der Waals surface area contributed by atoms with Crippen molar-refractivity contribution < 1.29 is 18.3 Å². The maximum absolute atomic E-state index is 12.3. The van der Waals surface area contributed by atoms with E-state index in [0.717, 1.165) is 13.0 Å². The number of aliphatic hydroxyl groups is 1. The summed E-state index contributed by atoms with van der Waals surface area (Å²) < 4.78 is 36.9. The van der Waals surface area contributed by atoms with Crippen LogP contribution in [0.25, 0.3) is 0 Å². The van der Waals surface area contributed by atoms with Crippen LogP contribution in [-0.2, 0) is 0 Å². The maximum atomic E-state index is 12.3. The van der Waals surface area contributed by atoms with E-state index in [9.17, 15) is 18.3 Å². The Labute approximate surface area is 101 Å². The average Bonchev–Trinajstić information content (AvgIpc) is 2.15. The van der Waals surface area contributed by atoms with Crippen molar-refractivity contribution in [2.45, 2.75) is 45.5 Å². The Balaban J connectivity index is 4.07. The lowest BCUT2D eigenvalue weighted by molar-refractivity contribution is -0.152. The first kappa shape index (κ1) is 16.7. The van der Waals surface area contributed by atoms with E-state index in [4.69, 9.17) is 0 Å². The average molecular weight is 256 g/mol. The Hall–Kier alpha value is -0.330. The Kier molecular flexibility index (Phi) is 7.74. The van der Waals surface area contributed by atoms with Gasteiger partial charge in [-0.15, -0.1) is 0 Å². The summed E-state index contributed by atoms with van der Waals surface area (Å²) in [4.78, 5) is 1.23. The molecule has 0 fully saturated rings. The molecule has 0 aliphatic rings. The summed E-state index contributed by atoms with van der Waals surface area (Å²) in [6.45, 7) is 5.52. The highest BCUT2D eigenvalue weighted by molar-refractivity contribution is 4.72. The number of nitrogens with one attached hydrogen (secondary N) is 1. The number of aliphatic hydroxyl groups excluding tert-OH is 1. The molecular weight excluding hydrogens is 233 g/mol. The first-order valence-electron chi connectivity index (χ1n) is 5.95. The SMILES string of the molecule is CCCNCC(O)CN(CC(F)(F)F)C(C)C. The minimum Gasteiger partial charge on any atom is -0.390 e. The highest BCUT2D eigenvalue weighted by Gasteiger charge is 2.32. The molecule has 0 amide bonds. The van der Waals surface area contributed by atoms with E-state index >= 15 is 0 Å². The van der Waals surface area contributed by atoms with Crippen molar-refractivity contribution in [3.8, 4) is 0 Å². The van der Waals surface area contributed by atoms with E-state index in [-0.39, 0.29) is 12.6 Å². The van der Waals surface area contributed by atoms with Crippen molar-refractivity contribution in [1.82, 2.24) is 10.2 Å². The Morgan fingerprint density at radius 3 is 2.29 bits per heavy atom. The van der Waals surface area contributed by atoms with Crippen molar-refractivity contribution in [3.63, 3.8) is 0 Å². The molecular formula is C11H23F3N2O. The van der Waals surface area contributed by atoms with Gasteiger partial charge >= 0.3 is 6.18 Å². The minimum absolute atomic E-state index is 0.0356. The standard InChI is InChI=1S/C11H23F3N2O/c1-4-5-15-6-10(17)7-16(9(2)3)8-11(12,13)14/h9-10,15,17H,4-8H2,1-3H3. The van der Waals surface area contributed by atoms with Gasteiger partial charge in [-0.3, -0.25) is 4.90 Å². The van der Waals surface area contributed by atoms with Crippen LogP contribution in [0, 0.1) is 0 Å². The van der Waals surface area contributed by atoms with Crippen LogP contribution in [0.15, 0.2) is 0 Å². The molecule has 1 atom stereocenters. The summed E-state index contributed by atoms with van der Waals surface area (Å²) in [7, 11) is 0. The predicted molar refractivity (Wildman–Crippen MR) is 61.9 cm³/mol. The normalized spacial score (nSPS) is 14.6. The summed E-state index contributed by atoms with van der Waals surface area (Å²) in [6.07, 6.45) is -4.06. The lowest BCUT2D eigenvalue weighted by Crippen LogP contribution is -2.45. The molecule has 0 aliphatic heterocycles. The summed E-state index contributed by atoms with van der Waals surface area (Å²) in [5, 5.41) is 12.6. The largest absolute Gasteiger partial charge is 0.401 e. The second-order valence-corrected chi connectivity index (χ2v) is 4.50. The molecule has 0 rings (SSSR count). The van der Waals surface area contributed by atoms with Gasteiger partial charge in [0.25, 0.3) is 0 Å². The Morgan fingerprint density at radius 2 is 1.88 bits per heavy atom. The van der Waals surface area contributed by atoms with Gasteiger partial charge in [-0.05, 0) is 26.8 Å². The van der Waals surface area contributed by atoms with Crippen LogP contribution in [0.5, 0.6) is 0 Å². The van der Waals surface area contributed by atoms with Crippen molar-refractivity contribution in [2.24, 2.45) is 0 Å². The van der Waals surface area contributed by atoms with E-state index < -0.39 is 18.8 Å². The number of hydrogen-bond donors (Lipinski definition) is 2. The molecule has 3 nitrogen and oxygen atoms in total. The van der Waals surface area contributed by atoms with Gasteiger partial charge in [0.1, 0.15) is 0 Å². The van der Waals surface area contributed by atoms with E-state index in [2.05, 4.69) is 5.32 Å². The van der Waals surface area contributed by atoms with E-state index in [1.165, 1.54) is 4.90 Å². The van der Waals surface area contributed by atoms with Crippen LogP contribution in [0.4, 0.5) is 13.2 Å². The van der Waals surface area contributed by atoms with Gasteiger partial charge in [0.15, 0.2) is 0 Å². The molecule has 0 aromatic rings. The van der Waals surface area contributed by atoms with Gasteiger partial charge in [-0.1, -0.05) is 6.92 Å². The number of rotatable bonds is 8. The minimum atomic E-state index is -4.22. The molecule has 0 aromatic heterocycles. The molecule has 0 radical (unpaired) electrons. The molecule has 104 valence electrons. The molecule has 1 unspecified atom stereocenters. The van der Waals surface area contributed by atoms with Crippen LogP contribution >= 0.6 is 0 Å². The van der Waals surface area contributed by atoms with Crippen molar-refractivity contribution in [3.05, 3.63) is 0 Å². The number of hydrogen-bond acceptors (Lipinski definition) is 3. The summed E-state index contributed by atoms with van der Waals surface area (Å²) in [5.74, 6) is 0. The maximum Gasteiger partial charge on any atom is 0.401 e. The summed E-state index contributed by atoms with van der Waals surface area (Å²) in [5.41, 5.74) is 0. The highest BCUT2D eigenvalue weighted by atomic mass is 19.4. The quantitative estimate of drug-likeness (QED) is 0.648. The molecule has 6 heteroatoms. The number of alkyl halides is 3. The molecule has 0 saturated carbocycles. The zero-order valence-corrected chi connectivity index (χ0v) is 10.7. The fourth-order valence-electron chi connectivity index (χ4n) is 1.47. The highest BCUT2D eigenvalue weighted by Crippen LogP contribution is 2.18. The Morgan fingerprint density at radius 1 is 1.29 bits per heavy atom. The zero-order chi connectivity index (χ0) is 13.5. The topological polar surface area (TPSA) is 35.5 Å². The van der Waals surface area contributed by atoms with Crippen LogP contribution in [0.1, 0.15) is 27.2 Å². The molecule has 2 N–H and O–H groups in total. The number of halogens is 3. The van der Waals surface area contributed by atoms with E-state index in [0.29, 0.717) is 6.54 Å². The molecule has 0 aliphatic carbocycles. The van der Waals surface area contributed by atoms with Crippen LogP contribution in [-0.4, -0.2) is 54.5 Å². The van der Waals surface area contributed by atoms with E-state index in [1.807, 2.05) is 6.92 Å². The Bertz CT molecular complexity index is 198. The lowest BCUT2D eigenvalue weighted by atomic mass is 10.2. The fraction of sp³-hybridized carbons (Fsp3) is 1.00. The van der Waals surface area contributed by atoms with Gasteiger partial charge in [-0.25, -0.2) is 0 Å². The molecule has 0 spiro atoms. The zero-order valence-electron chi connectivity index (χ0n) is 10.7. The fourth-order valence-corrected chi connectivity index (χ4v) is 1.47. The van der Waals surface area contributed by atoms with Gasteiger partial charge in [-0.2, -0.15) is 13.2 Å². The molecule has 0 saturated heterocycles. The summed E-state index contributed by atoms with van der Waals surface area (Å²) in [6, 6.07) is -0.238. The van der Waals surface area contributed by atoms with Gasteiger partial charge in [0.05, 0.1) is 12.6 Å². The first-order valence-corrected chi connectivity index (χ1v) is 5.95. The van der Waals surface area contributed by atoms with E-state index in [1.54, 1.807) is 13.8 Å². The predicted octanol–water partition coefficient (Wildman–Crippen LogP) is 1.62. The van der Waals surface area contributed by atoms with Gasteiger partial charge < -0.3 is 10.4 Å². The molecule has 0 bridgehead atoms. The molecule has 0 heterocycles. The van der Waals surface area contributed by atoms with Gasteiger partial charge in [0, 0.05) is 19.1 Å². The molecule has 17 heavy (non-hydrogen) atoms. The van der Waals surface area contributed by atoms with Crippen molar-refractivity contribution in [2.75, 3.05) is 26.2 Å². The van der Waals surface area contributed by atoms with Crippen LogP contribution in [0.3, 0.4) is 0 Å². The van der Waals surface area contributed by atoms with Crippen molar-refractivity contribution >= 4 is 0 Å². The van der Waals surface area contributed by atoms with Crippen LogP contribution in [0.2, 0.25) is 0 Å². The smallest absolute Gasteiger partial charge is 0.390 e. The lowest BCUT2D eigenvalue weighted by Gasteiger charge is -2.29.